The van der Waals surface area contributed by atoms with Crippen molar-refractivity contribution in [3.05, 3.63) is 71.2 Å². The fourth-order valence-electron chi connectivity index (χ4n) is 2.43. The quantitative estimate of drug-likeness (QED) is 0.676. The molecule has 2 aromatic heterocycles. The molecule has 0 saturated carbocycles. The maximum atomic E-state index is 12.2. The first-order chi connectivity index (χ1) is 12.5. The third kappa shape index (κ3) is 4.77. The Morgan fingerprint density at radius 3 is 2.62 bits per heavy atom. The fraction of sp³-hybridized carbons (Fsp3) is 0.158. The molecule has 3 aromatic rings. The zero-order valence-corrected chi connectivity index (χ0v) is 15.6. The van der Waals surface area contributed by atoms with Crippen LogP contribution in [0.15, 0.2) is 70.5 Å². The van der Waals surface area contributed by atoms with Gasteiger partial charge < -0.3 is 5.32 Å². The summed E-state index contributed by atoms with van der Waals surface area (Å²) in [4.78, 5) is 16.5. The number of hydrogen-bond donors (Lipinski definition) is 1. The normalized spacial score (nSPS) is 11.2. The molecule has 7 heteroatoms. The van der Waals surface area contributed by atoms with Gasteiger partial charge >= 0.3 is 0 Å². The van der Waals surface area contributed by atoms with E-state index in [1.807, 2.05) is 22.9 Å². The highest BCUT2D eigenvalue weighted by molar-refractivity contribution is 7.91. The molecule has 5 nitrogen and oxygen atoms in total. The van der Waals surface area contributed by atoms with Crippen molar-refractivity contribution in [3.63, 3.8) is 0 Å². The number of amides is 1. The zero-order chi connectivity index (χ0) is 18.4. The highest BCUT2D eigenvalue weighted by Crippen LogP contribution is 2.21. The molecule has 1 amide bonds. The van der Waals surface area contributed by atoms with Crippen molar-refractivity contribution in [1.82, 2.24) is 10.3 Å². The Morgan fingerprint density at radius 1 is 1.08 bits per heavy atom. The van der Waals surface area contributed by atoms with Gasteiger partial charge in [0.15, 0.2) is 9.84 Å². The average Bonchev–Trinajstić information content (AvgIpc) is 3.21. The van der Waals surface area contributed by atoms with Gasteiger partial charge in [-0.05, 0) is 46.2 Å². The topological polar surface area (TPSA) is 76.1 Å². The molecule has 0 saturated heterocycles. The van der Waals surface area contributed by atoms with Gasteiger partial charge in [0.2, 0.25) is 5.91 Å². The average molecular weight is 386 g/mol. The number of sulfone groups is 1. The number of hydrogen-bond acceptors (Lipinski definition) is 5. The van der Waals surface area contributed by atoms with Crippen LogP contribution < -0.4 is 5.32 Å². The van der Waals surface area contributed by atoms with E-state index in [0.717, 1.165) is 16.7 Å². The van der Waals surface area contributed by atoms with Gasteiger partial charge in [0.1, 0.15) is 0 Å². The van der Waals surface area contributed by atoms with Gasteiger partial charge in [0, 0.05) is 30.9 Å². The Balaban J connectivity index is 1.54. The van der Waals surface area contributed by atoms with E-state index < -0.39 is 9.84 Å². The standard InChI is InChI=1S/C19H18N2O3S2/c22-19(7-9-26(23,24)18-4-2-1-3-5-18)21-12-15-10-17(13-20-11-15)16-6-8-25-14-16/h1-6,8,10-11,13-14H,7,9,12H2,(H,21,22). The van der Waals surface area contributed by atoms with Gasteiger partial charge in [-0.1, -0.05) is 18.2 Å². The second kappa shape index (κ2) is 8.25. The van der Waals surface area contributed by atoms with Crippen LogP contribution in [0, 0.1) is 0 Å². The van der Waals surface area contributed by atoms with Crippen LogP contribution in [0.25, 0.3) is 11.1 Å². The first-order valence-corrected chi connectivity index (χ1v) is 10.6. The maximum absolute atomic E-state index is 12.2. The Hall–Kier alpha value is -2.51. The van der Waals surface area contributed by atoms with Crippen molar-refractivity contribution >= 4 is 27.1 Å². The number of nitrogens with zero attached hydrogens (tertiary/aromatic N) is 1. The lowest BCUT2D eigenvalue weighted by Crippen LogP contribution is -2.25. The van der Waals surface area contributed by atoms with Crippen LogP contribution in [0.2, 0.25) is 0 Å². The number of aromatic nitrogens is 1. The number of benzene rings is 1. The summed E-state index contributed by atoms with van der Waals surface area (Å²) in [6, 6.07) is 12.1. The van der Waals surface area contributed by atoms with Gasteiger partial charge in [-0.25, -0.2) is 8.42 Å². The van der Waals surface area contributed by atoms with Gasteiger partial charge in [0.05, 0.1) is 10.6 Å². The molecule has 0 spiro atoms. The van der Waals surface area contributed by atoms with Crippen LogP contribution in [0.4, 0.5) is 0 Å². The SMILES string of the molecule is O=C(CCS(=O)(=O)c1ccccc1)NCc1cncc(-c2ccsc2)c1. The highest BCUT2D eigenvalue weighted by Gasteiger charge is 2.16. The van der Waals surface area contributed by atoms with Gasteiger partial charge in [-0.15, -0.1) is 0 Å². The molecular formula is C19H18N2O3S2. The molecule has 0 aliphatic heterocycles. The van der Waals surface area contributed by atoms with Crippen molar-refractivity contribution in [2.75, 3.05) is 5.75 Å². The van der Waals surface area contributed by atoms with E-state index in [9.17, 15) is 13.2 Å². The van der Waals surface area contributed by atoms with E-state index in [4.69, 9.17) is 0 Å². The summed E-state index contributed by atoms with van der Waals surface area (Å²) < 4.78 is 24.4. The lowest BCUT2D eigenvalue weighted by Gasteiger charge is -2.07. The molecule has 0 bridgehead atoms. The summed E-state index contributed by atoms with van der Waals surface area (Å²) in [7, 11) is -3.45. The molecular weight excluding hydrogens is 368 g/mol. The molecule has 0 radical (unpaired) electrons. The van der Waals surface area contributed by atoms with E-state index >= 15 is 0 Å². The number of carbonyl (C=O) groups excluding carboxylic acids is 1. The summed E-state index contributed by atoms with van der Waals surface area (Å²) >= 11 is 1.61. The third-order valence-electron chi connectivity index (χ3n) is 3.84. The molecule has 3 rings (SSSR count). The van der Waals surface area contributed by atoms with Crippen molar-refractivity contribution < 1.29 is 13.2 Å². The lowest BCUT2D eigenvalue weighted by atomic mass is 10.1. The lowest BCUT2D eigenvalue weighted by molar-refractivity contribution is -0.120. The number of thiophene rings is 1. The molecule has 26 heavy (non-hydrogen) atoms. The molecule has 1 N–H and O–H groups in total. The van der Waals surface area contributed by atoms with E-state index in [1.54, 1.807) is 41.9 Å². The molecule has 0 fully saturated rings. The summed E-state index contributed by atoms with van der Waals surface area (Å²) in [5.74, 6) is -0.513. The van der Waals surface area contributed by atoms with Crippen molar-refractivity contribution in [3.8, 4) is 11.1 Å². The van der Waals surface area contributed by atoms with Crippen LogP contribution in [0.1, 0.15) is 12.0 Å². The van der Waals surface area contributed by atoms with Gasteiger partial charge in [-0.3, -0.25) is 9.78 Å². The number of pyridine rings is 1. The van der Waals surface area contributed by atoms with E-state index in [2.05, 4.69) is 10.3 Å². The van der Waals surface area contributed by atoms with Crippen LogP contribution in [-0.4, -0.2) is 25.1 Å². The number of rotatable bonds is 7. The minimum absolute atomic E-state index is 0.0745. The summed E-state index contributed by atoms with van der Waals surface area (Å²) in [5, 5.41) is 6.79. The second-order valence-corrected chi connectivity index (χ2v) is 8.64. The maximum Gasteiger partial charge on any atom is 0.221 e. The Kier molecular flexibility index (Phi) is 5.80. The van der Waals surface area contributed by atoms with Crippen LogP contribution in [0.3, 0.4) is 0 Å². The van der Waals surface area contributed by atoms with Crippen molar-refractivity contribution in [2.24, 2.45) is 0 Å². The molecule has 0 aliphatic rings. The third-order valence-corrected chi connectivity index (χ3v) is 6.25. The summed E-state index contributed by atoms with van der Waals surface area (Å²) in [6.45, 7) is 0.315. The number of nitrogens with one attached hydrogen (secondary N) is 1. The van der Waals surface area contributed by atoms with Crippen molar-refractivity contribution in [1.29, 1.82) is 0 Å². The minimum atomic E-state index is -3.45. The van der Waals surface area contributed by atoms with Crippen molar-refractivity contribution in [2.45, 2.75) is 17.9 Å². The van der Waals surface area contributed by atoms with E-state index in [-0.39, 0.29) is 23.0 Å². The summed E-state index contributed by atoms with van der Waals surface area (Å²) in [5.41, 5.74) is 2.95. The first kappa shape index (κ1) is 18.3. The predicted octanol–water partition coefficient (Wildman–Crippen LogP) is 3.29. The monoisotopic (exact) mass is 386 g/mol. The molecule has 0 atom stereocenters. The zero-order valence-electron chi connectivity index (χ0n) is 14.0. The van der Waals surface area contributed by atoms with E-state index in [0.29, 0.717) is 6.54 Å². The van der Waals surface area contributed by atoms with Gasteiger partial charge in [0.25, 0.3) is 0 Å². The fourth-order valence-corrected chi connectivity index (χ4v) is 4.36. The second-order valence-electron chi connectivity index (χ2n) is 5.75. The molecule has 0 unspecified atom stereocenters. The smallest absolute Gasteiger partial charge is 0.221 e. The Bertz CT molecular complexity index is 969. The number of carbonyl (C=O) groups is 1. The predicted molar refractivity (Wildman–Crippen MR) is 103 cm³/mol. The van der Waals surface area contributed by atoms with Crippen LogP contribution in [0.5, 0.6) is 0 Å². The Morgan fingerprint density at radius 2 is 1.88 bits per heavy atom. The Labute approximate surface area is 156 Å². The molecule has 0 aliphatic carbocycles. The largest absolute Gasteiger partial charge is 0.352 e. The minimum Gasteiger partial charge on any atom is -0.352 e. The van der Waals surface area contributed by atoms with E-state index in [1.165, 1.54) is 12.1 Å². The molecule has 1 aromatic carbocycles. The highest BCUT2D eigenvalue weighted by atomic mass is 32.2. The molecule has 2 heterocycles. The van der Waals surface area contributed by atoms with Crippen LogP contribution in [-0.2, 0) is 21.2 Å². The van der Waals surface area contributed by atoms with Crippen LogP contribution >= 0.6 is 11.3 Å². The molecule has 134 valence electrons. The first-order valence-electron chi connectivity index (χ1n) is 8.05. The van der Waals surface area contributed by atoms with Gasteiger partial charge in [-0.2, -0.15) is 11.3 Å². The summed E-state index contributed by atoms with van der Waals surface area (Å²) in [6.07, 6.45) is 3.39.